The molecule has 2 atom stereocenters. The van der Waals surface area contributed by atoms with Gasteiger partial charge in [-0.05, 0) is 52.4 Å². The number of rotatable bonds is 32. The van der Waals surface area contributed by atoms with Gasteiger partial charge in [0.15, 0.2) is 0 Å². The molecule has 0 aromatic heterocycles. The molecule has 49 heavy (non-hydrogen) atoms. The predicted octanol–water partition coefficient (Wildman–Crippen LogP) is 8.70. The van der Waals surface area contributed by atoms with Gasteiger partial charge in [-0.3, -0.25) is 9.59 Å². The van der Waals surface area contributed by atoms with Gasteiger partial charge in [0.2, 0.25) is 0 Å². The number of hydrogen-bond donors (Lipinski definition) is 0. The second kappa shape index (κ2) is 35.1. The molecular formula is C40H74MgO8. The fourth-order valence-electron chi connectivity index (χ4n) is 6.34. The van der Waals surface area contributed by atoms with Crippen molar-refractivity contribution in [1.82, 2.24) is 0 Å². The molecule has 0 amide bonds. The number of ether oxygens (including phenoxy) is 2. The topological polar surface area (TPSA) is 133 Å². The first kappa shape index (κ1) is 52.0. The minimum absolute atomic E-state index is 0. The van der Waals surface area contributed by atoms with E-state index in [2.05, 4.69) is 13.8 Å². The van der Waals surface area contributed by atoms with Crippen molar-refractivity contribution in [2.75, 3.05) is 0 Å². The zero-order chi connectivity index (χ0) is 36.5. The van der Waals surface area contributed by atoms with Crippen LogP contribution in [0.15, 0.2) is 0 Å². The zero-order valence-electron chi connectivity index (χ0n) is 32.8. The van der Waals surface area contributed by atoms with E-state index in [9.17, 15) is 29.4 Å². The van der Waals surface area contributed by atoms with E-state index in [4.69, 9.17) is 9.47 Å². The average molecular weight is 707 g/mol. The molecule has 8 nitrogen and oxygen atoms in total. The Balaban J connectivity index is -0.000000846. The Morgan fingerprint density at radius 1 is 0.408 bits per heavy atom. The van der Waals surface area contributed by atoms with E-state index < -0.39 is 47.9 Å². The molecule has 0 fully saturated rings. The van der Waals surface area contributed by atoms with Gasteiger partial charge in [0.05, 0.1) is 24.8 Å². The number of esters is 2. The van der Waals surface area contributed by atoms with Crippen LogP contribution < -0.4 is 10.2 Å². The van der Waals surface area contributed by atoms with Crippen molar-refractivity contribution in [3.8, 4) is 0 Å². The number of carbonyl (C=O) groups excluding carboxylic acids is 4. The summed E-state index contributed by atoms with van der Waals surface area (Å²) in [6, 6.07) is 0. The first-order chi connectivity index (χ1) is 22.9. The summed E-state index contributed by atoms with van der Waals surface area (Å²) in [6.45, 7) is 12.4. The van der Waals surface area contributed by atoms with Gasteiger partial charge in [0.1, 0.15) is 11.2 Å². The molecule has 0 bridgehead atoms. The second-order valence-corrected chi connectivity index (χ2v) is 14.3. The summed E-state index contributed by atoms with van der Waals surface area (Å²) in [5.74, 6) is -4.12. The normalized spacial score (nSPS) is 13.2. The van der Waals surface area contributed by atoms with Gasteiger partial charge in [-0.1, -0.05) is 156 Å². The van der Waals surface area contributed by atoms with E-state index in [-0.39, 0.29) is 23.1 Å². The van der Waals surface area contributed by atoms with Crippen molar-refractivity contribution in [3.05, 3.63) is 0 Å². The number of carbonyl (C=O) groups is 4. The molecule has 0 aliphatic carbocycles. The van der Waals surface area contributed by atoms with Crippen molar-refractivity contribution < 1.29 is 38.9 Å². The number of aliphatic carboxylic acids is 2. The van der Waals surface area contributed by atoms with Gasteiger partial charge in [-0.25, -0.2) is 0 Å². The Morgan fingerprint density at radius 3 is 0.878 bits per heavy atom. The van der Waals surface area contributed by atoms with Crippen molar-refractivity contribution in [2.45, 2.75) is 233 Å². The Bertz CT molecular complexity index is 754. The number of hydrogen-bond acceptors (Lipinski definition) is 8. The maximum absolute atomic E-state index is 11.6. The Kier molecular flexibility index (Phi) is 37.2. The van der Waals surface area contributed by atoms with Crippen LogP contribution in [-0.2, 0) is 28.7 Å². The van der Waals surface area contributed by atoms with Crippen LogP contribution in [0.1, 0.15) is 221 Å². The van der Waals surface area contributed by atoms with Gasteiger partial charge in [-0.15, -0.1) is 0 Å². The zero-order valence-corrected chi connectivity index (χ0v) is 34.2. The second-order valence-electron chi connectivity index (χ2n) is 14.3. The van der Waals surface area contributed by atoms with E-state index in [1.54, 1.807) is 0 Å². The molecule has 0 aromatic carbocycles. The Hall–Kier alpha value is -1.35. The van der Waals surface area contributed by atoms with Crippen LogP contribution >= 0.6 is 0 Å². The summed E-state index contributed by atoms with van der Waals surface area (Å²) in [4.78, 5) is 44.1. The van der Waals surface area contributed by atoms with E-state index in [1.165, 1.54) is 103 Å². The summed E-state index contributed by atoms with van der Waals surface area (Å²) < 4.78 is 10.8. The first-order valence-electron chi connectivity index (χ1n) is 19.7. The third-order valence-corrected chi connectivity index (χ3v) is 8.97. The molecule has 0 aliphatic rings. The first-order valence-corrected chi connectivity index (χ1v) is 19.7. The smallest absolute Gasteiger partial charge is 0.550 e. The molecule has 0 aromatic rings. The summed E-state index contributed by atoms with van der Waals surface area (Å²) >= 11 is 0. The summed E-state index contributed by atoms with van der Waals surface area (Å²) in [7, 11) is 0. The van der Waals surface area contributed by atoms with Crippen LogP contribution in [0.2, 0.25) is 0 Å². The molecule has 284 valence electrons. The Morgan fingerprint density at radius 2 is 0.653 bits per heavy atom. The third kappa shape index (κ3) is 36.2. The quantitative estimate of drug-likeness (QED) is 0.0294. The van der Waals surface area contributed by atoms with Gasteiger partial charge in [0.25, 0.3) is 0 Å². The molecule has 0 spiro atoms. The van der Waals surface area contributed by atoms with Crippen LogP contribution in [-0.4, -0.2) is 58.1 Å². The van der Waals surface area contributed by atoms with Gasteiger partial charge < -0.3 is 29.3 Å². The molecule has 0 N–H and O–H groups in total. The van der Waals surface area contributed by atoms with Crippen LogP contribution in [0, 0.1) is 0 Å². The number of unbranched alkanes of at least 4 members (excludes halogenated alkanes) is 18. The maximum Gasteiger partial charge on any atom is 2.00 e. The van der Waals surface area contributed by atoms with E-state index in [0.717, 1.165) is 64.2 Å². The molecule has 9 heteroatoms. The number of carboxylic acids is 2. The summed E-state index contributed by atoms with van der Waals surface area (Å²) in [6.07, 6.45) is 29.0. The standard InChI is InChI=1S/2C20H38O4.Mg/c2*1-4-6-7-8-9-10-11-12-13-14-16-20(3,15-5-2)24-19(23)17-18(21)22;/h2*4-17H2,1-3H3,(H,21,22);/q;;+2/p-2. The fraction of sp³-hybridized carbons (Fsp3) is 0.900. The van der Waals surface area contributed by atoms with Crippen LogP contribution in [0.3, 0.4) is 0 Å². The van der Waals surface area contributed by atoms with Gasteiger partial charge in [0, 0.05) is 0 Å². The minimum atomic E-state index is -1.38. The molecule has 0 radical (unpaired) electrons. The third-order valence-electron chi connectivity index (χ3n) is 8.97. The van der Waals surface area contributed by atoms with Crippen LogP contribution in [0.5, 0.6) is 0 Å². The summed E-state index contributed by atoms with van der Waals surface area (Å²) in [5.41, 5.74) is -1.08. The van der Waals surface area contributed by atoms with E-state index in [0.29, 0.717) is 0 Å². The maximum atomic E-state index is 11.6. The van der Waals surface area contributed by atoms with E-state index >= 15 is 0 Å². The van der Waals surface area contributed by atoms with E-state index in [1.807, 2.05) is 27.7 Å². The van der Waals surface area contributed by atoms with Crippen molar-refractivity contribution in [3.63, 3.8) is 0 Å². The largest absolute Gasteiger partial charge is 2.00 e. The molecule has 0 saturated carbocycles. The van der Waals surface area contributed by atoms with Crippen molar-refractivity contribution in [1.29, 1.82) is 0 Å². The molecule has 2 unspecified atom stereocenters. The van der Waals surface area contributed by atoms with Crippen LogP contribution in [0.4, 0.5) is 0 Å². The molecular weight excluding hydrogens is 633 g/mol. The minimum Gasteiger partial charge on any atom is -0.550 e. The van der Waals surface area contributed by atoms with Crippen molar-refractivity contribution >= 4 is 46.9 Å². The fourth-order valence-corrected chi connectivity index (χ4v) is 6.34. The van der Waals surface area contributed by atoms with Crippen molar-refractivity contribution in [2.24, 2.45) is 0 Å². The number of carboxylic acid groups (broad SMARTS) is 2. The summed E-state index contributed by atoms with van der Waals surface area (Å²) in [5, 5.41) is 21.0. The van der Waals surface area contributed by atoms with Crippen LogP contribution in [0.25, 0.3) is 0 Å². The van der Waals surface area contributed by atoms with Gasteiger partial charge >= 0.3 is 35.0 Å². The monoisotopic (exact) mass is 707 g/mol. The molecule has 0 heterocycles. The molecule has 0 aliphatic heterocycles. The molecule has 0 saturated heterocycles. The average Bonchev–Trinajstić information content (AvgIpc) is 2.98. The molecule has 0 rings (SSSR count). The Labute approximate surface area is 317 Å². The van der Waals surface area contributed by atoms with Gasteiger partial charge in [-0.2, -0.15) is 0 Å². The predicted molar refractivity (Wildman–Crippen MR) is 197 cm³/mol. The SMILES string of the molecule is CCCCCCCCCCCCC(C)(CCC)OC(=O)CC(=O)[O-].CCCCCCCCCCCCC(C)(CCC)OC(=O)CC(=O)[O-].[Mg+2].